The minimum Gasteiger partial charge on any atom is -0.478 e. The van der Waals surface area contributed by atoms with E-state index in [0.29, 0.717) is 17.7 Å². The summed E-state index contributed by atoms with van der Waals surface area (Å²) >= 11 is 0. The quantitative estimate of drug-likeness (QED) is 0.591. The van der Waals surface area contributed by atoms with Crippen molar-refractivity contribution in [1.82, 2.24) is 0 Å². The molecule has 1 rings (SSSR count). The van der Waals surface area contributed by atoms with Gasteiger partial charge in [0.15, 0.2) is 0 Å². The number of carboxylic acids is 1. The van der Waals surface area contributed by atoms with Gasteiger partial charge >= 0.3 is 5.97 Å². The Labute approximate surface area is 65.2 Å². The fourth-order valence-corrected chi connectivity index (χ4v) is 1.12. The highest BCUT2D eigenvalue weighted by molar-refractivity contribution is 5.88. The standard InChI is InChI=1S/C8H11NO2/c1-5-2-3-6(8(10)11)7(9)4-5/h4H,2-3,9H2,1H3,(H,10,11). The Morgan fingerprint density at radius 3 is 2.73 bits per heavy atom. The van der Waals surface area contributed by atoms with E-state index in [-0.39, 0.29) is 0 Å². The van der Waals surface area contributed by atoms with Gasteiger partial charge < -0.3 is 10.8 Å². The Kier molecular flexibility index (Phi) is 1.98. The van der Waals surface area contributed by atoms with E-state index in [2.05, 4.69) is 0 Å². The second kappa shape index (κ2) is 2.78. The zero-order valence-corrected chi connectivity index (χ0v) is 6.42. The third-order valence-electron chi connectivity index (χ3n) is 1.78. The van der Waals surface area contributed by atoms with Crippen molar-refractivity contribution in [2.75, 3.05) is 0 Å². The average molecular weight is 153 g/mol. The molecular weight excluding hydrogens is 142 g/mol. The molecule has 1 aliphatic carbocycles. The van der Waals surface area contributed by atoms with Gasteiger partial charge in [-0.15, -0.1) is 0 Å². The van der Waals surface area contributed by atoms with Crippen molar-refractivity contribution in [1.29, 1.82) is 0 Å². The molecule has 11 heavy (non-hydrogen) atoms. The van der Waals surface area contributed by atoms with E-state index in [9.17, 15) is 4.79 Å². The molecule has 60 valence electrons. The lowest BCUT2D eigenvalue weighted by Crippen LogP contribution is -2.12. The molecular formula is C8H11NO2. The van der Waals surface area contributed by atoms with Crippen LogP contribution in [0.4, 0.5) is 0 Å². The molecule has 0 spiro atoms. The van der Waals surface area contributed by atoms with Crippen molar-refractivity contribution in [2.24, 2.45) is 5.73 Å². The van der Waals surface area contributed by atoms with E-state index in [1.54, 1.807) is 6.08 Å². The van der Waals surface area contributed by atoms with Crippen molar-refractivity contribution in [3.8, 4) is 0 Å². The first kappa shape index (κ1) is 7.85. The smallest absolute Gasteiger partial charge is 0.333 e. The minimum absolute atomic E-state index is 0.343. The first-order valence-electron chi connectivity index (χ1n) is 3.50. The second-order valence-corrected chi connectivity index (χ2v) is 2.73. The number of carboxylic acid groups (broad SMARTS) is 1. The normalized spacial score (nSPS) is 18.1. The highest BCUT2D eigenvalue weighted by Crippen LogP contribution is 2.20. The van der Waals surface area contributed by atoms with Crippen molar-refractivity contribution in [3.63, 3.8) is 0 Å². The van der Waals surface area contributed by atoms with Gasteiger partial charge in [-0.25, -0.2) is 4.79 Å². The summed E-state index contributed by atoms with van der Waals surface area (Å²) in [5, 5.41) is 8.63. The highest BCUT2D eigenvalue weighted by atomic mass is 16.4. The van der Waals surface area contributed by atoms with E-state index < -0.39 is 5.97 Å². The van der Waals surface area contributed by atoms with Gasteiger partial charge in [0.1, 0.15) is 0 Å². The van der Waals surface area contributed by atoms with Gasteiger partial charge in [-0.3, -0.25) is 0 Å². The summed E-state index contributed by atoms with van der Waals surface area (Å²) in [4.78, 5) is 10.5. The number of carbonyl (C=O) groups is 1. The number of aliphatic carboxylic acids is 1. The van der Waals surface area contributed by atoms with Crippen LogP contribution in [0.1, 0.15) is 19.8 Å². The molecule has 0 unspecified atom stereocenters. The molecule has 0 aromatic heterocycles. The molecule has 3 N–H and O–H groups in total. The lowest BCUT2D eigenvalue weighted by Gasteiger charge is -2.11. The molecule has 0 fully saturated rings. The van der Waals surface area contributed by atoms with Crippen LogP contribution in [0.3, 0.4) is 0 Å². The number of hydrogen-bond donors (Lipinski definition) is 2. The summed E-state index contributed by atoms with van der Waals surface area (Å²) < 4.78 is 0. The fraction of sp³-hybridized carbons (Fsp3) is 0.375. The maximum atomic E-state index is 10.5. The first-order valence-corrected chi connectivity index (χ1v) is 3.50. The molecule has 0 heterocycles. The fourth-order valence-electron chi connectivity index (χ4n) is 1.12. The van der Waals surface area contributed by atoms with Crippen LogP contribution in [0.25, 0.3) is 0 Å². The Balaban J connectivity index is 2.95. The van der Waals surface area contributed by atoms with Gasteiger partial charge in [-0.05, 0) is 25.8 Å². The maximum Gasteiger partial charge on any atom is 0.333 e. The summed E-state index contributed by atoms with van der Waals surface area (Å²) in [6.45, 7) is 1.95. The molecule has 0 bridgehead atoms. The van der Waals surface area contributed by atoms with Gasteiger partial charge in [0.05, 0.1) is 5.57 Å². The van der Waals surface area contributed by atoms with Crippen molar-refractivity contribution >= 4 is 5.97 Å². The molecule has 0 aliphatic heterocycles. The molecule has 0 aromatic rings. The van der Waals surface area contributed by atoms with Crippen LogP contribution in [-0.4, -0.2) is 11.1 Å². The topological polar surface area (TPSA) is 63.3 Å². The van der Waals surface area contributed by atoms with E-state index in [4.69, 9.17) is 10.8 Å². The molecule has 3 heteroatoms. The van der Waals surface area contributed by atoms with Crippen LogP contribution in [0.2, 0.25) is 0 Å². The Morgan fingerprint density at radius 2 is 2.27 bits per heavy atom. The Bertz CT molecular complexity index is 251. The summed E-state index contributed by atoms with van der Waals surface area (Å²) in [5.74, 6) is -0.897. The number of hydrogen-bond acceptors (Lipinski definition) is 2. The van der Waals surface area contributed by atoms with Crippen LogP contribution in [0.5, 0.6) is 0 Å². The van der Waals surface area contributed by atoms with E-state index in [1.165, 1.54) is 0 Å². The largest absolute Gasteiger partial charge is 0.478 e. The molecule has 0 radical (unpaired) electrons. The van der Waals surface area contributed by atoms with Crippen LogP contribution in [-0.2, 0) is 4.79 Å². The third kappa shape index (κ3) is 1.61. The van der Waals surface area contributed by atoms with Gasteiger partial charge in [0, 0.05) is 5.70 Å². The van der Waals surface area contributed by atoms with Gasteiger partial charge in [0.25, 0.3) is 0 Å². The molecule has 3 nitrogen and oxygen atoms in total. The maximum absolute atomic E-state index is 10.5. The molecule has 0 aromatic carbocycles. The van der Waals surface area contributed by atoms with Crippen LogP contribution >= 0.6 is 0 Å². The zero-order chi connectivity index (χ0) is 8.43. The monoisotopic (exact) mass is 153 g/mol. The van der Waals surface area contributed by atoms with Crippen molar-refractivity contribution in [3.05, 3.63) is 22.9 Å². The average Bonchev–Trinajstić information content (AvgIpc) is 1.85. The van der Waals surface area contributed by atoms with Gasteiger partial charge in [0.2, 0.25) is 0 Å². The summed E-state index contributed by atoms with van der Waals surface area (Å²) in [7, 11) is 0. The van der Waals surface area contributed by atoms with E-state index in [0.717, 1.165) is 12.0 Å². The van der Waals surface area contributed by atoms with Gasteiger partial charge in [-0.2, -0.15) is 0 Å². The molecule has 0 atom stereocenters. The van der Waals surface area contributed by atoms with Crippen molar-refractivity contribution < 1.29 is 9.90 Å². The van der Waals surface area contributed by atoms with Crippen molar-refractivity contribution in [2.45, 2.75) is 19.8 Å². The van der Waals surface area contributed by atoms with Crippen LogP contribution < -0.4 is 5.73 Å². The van der Waals surface area contributed by atoms with E-state index in [1.807, 2.05) is 6.92 Å². The highest BCUT2D eigenvalue weighted by Gasteiger charge is 2.14. The van der Waals surface area contributed by atoms with Crippen LogP contribution in [0, 0.1) is 0 Å². The zero-order valence-electron chi connectivity index (χ0n) is 6.42. The Morgan fingerprint density at radius 1 is 1.64 bits per heavy atom. The summed E-state index contributed by atoms with van der Waals surface area (Å²) in [5.41, 5.74) is 7.39. The lowest BCUT2D eigenvalue weighted by molar-refractivity contribution is -0.132. The third-order valence-corrected chi connectivity index (χ3v) is 1.78. The first-order chi connectivity index (χ1) is 5.11. The lowest BCUT2D eigenvalue weighted by atomic mass is 9.97. The SMILES string of the molecule is CC1=CC(N)=C(C(=O)O)CC1. The second-order valence-electron chi connectivity index (χ2n) is 2.73. The Hall–Kier alpha value is -1.25. The number of allylic oxidation sites excluding steroid dienone is 2. The molecule has 0 amide bonds. The van der Waals surface area contributed by atoms with Crippen LogP contribution in [0.15, 0.2) is 22.9 Å². The summed E-state index contributed by atoms with van der Waals surface area (Å²) in [6.07, 6.45) is 3.10. The minimum atomic E-state index is -0.897. The molecule has 0 saturated heterocycles. The summed E-state index contributed by atoms with van der Waals surface area (Å²) in [6, 6.07) is 0. The number of nitrogens with two attached hydrogens (primary N) is 1. The predicted octanol–water partition coefficient (Wildman–Crippen LogP) is 1.02. The molecule has 0 saturated carbocycles. The predicted molar refractivity (Wildman–Crippen MR) is 41.8 cm³/mol. The van der Waals surface area contributed by atoms with E-state index >= 15 is 0 Å². The van der Waals surface area contributed by atoms with Gasteiger partial charge in [-0.1, -0.05) is 5.57 Å². The molecule has 1 aliphatic rings. The number of rotatable bonds is 1.